The van der Waals surface area contributed by atoms with E-state index >= 15 is 0 Å². The van der Waals surface area contributed by atoms with E-state index in [0.717, 1.165) is 96.9 Å². The molecule has 0 aromatic heterocycles. The van der Waals surface area contributed by atoms with Crippen molar-refractivity contribution in [3.05, 3.63) is 0 Å². The Balaban J connectivity index is 1.97. The fourth-order valence-corrected chi connectivity index (χ4v) is 9.33. The standard InChI is InChI=1S/C52H70O35/c1-19(53)67-15-33-37(71-22(4)56)41(73-24(6)58)45(77-28(10)62)49(82-33)70-18-36-38(72-23(5)57)42(74-25(7)59)47(79-30(12)64)51(85-36)87-40-35(17-69-21(3)55)84-52(48(80-31(13)65)44(40)76-27(9)61)86-39-34(16-68-20(2)54)83-50(81-32(14)66)46(78-29(11)63)43(39)75-26(8)60/h33-52H,15-18H2,1-14H3/t33-,34-,35-,36+,37-,38+,39-,40-,41+,42-,43+,44+,45-,46-,47+,48-,49+,50?,51+,52-/m1/s1. The Bertz CT molecular complexity index is 2530. The third-order valence-corrected chi connectivity index (χ3v) is 12.0. The lowest BCUT2D eigenvalue weighted by atomic mass is 9.95. The number of hydrogen-bond acceptors (Lipinski definition) is 35. The zero-order valence-corrected chi connectivity index (χ0v) is 49.7. The van der Waals surface area contributed by atoms with Crippen LogP contribution in [0.25, 0.3) is 0 Å². The maximum Gasteiger partial charge on any atom is 0.305 e. The molecule has 4 rings (SSSR count). The third kappa shape index (κ3) is 21.9. The lowest BCUT2D eigenvalue weighted by Crippen LogP contribution is -2.69. The molecule has 0 N–H and O–H groups in total. The Labute approximate surface area is 495 Å². The van der Waals surface area contributed by atoms with E-state index in [-0.39, 0.29) is 0 Å². The summed E-state index contributed by atoms with van der Waals surface area (Å²) in [4.78, 5) is 178. The van der Waals surface area contributed by atoms with Gasteiger partial charge in [0, 0.05) is 96.9 Å². The van der Waals surface area contributed by atoms with E-state index in [1.165, 1.54) is 0 Å². The molecule has 0 radical (unpaired) electrons. The first-order valence-electron chi connectivity index (χ1n) is 26.5. The summed E-state index contributed by atoms with van der Waals surface area (Å²) in [7, 11) is 0. The lowest BCUT2D eigenvalue weighted by Gasteiger charge is -2.50. The highest BCUT2D eigenvalue weighted by atomic mass is 16.8. The minimum absolute atomic E-state index is 0.703. The summed E-state index contributed by atoms with van der Waals surface area (Å²) in [6, 6.07) is 0. The van der Waals surface area contributed by atoms with Crippen LogP contribution in [0.1, 0.15) is 96.9 Å². The summed E-state index contributed by atoms with van der Waals surface area (Å²) in [6.07, 6.45) is -38.5. The molecule has 0 amide bonds. The fourth-order valence-electron chi connectivity index (χ4n) is 9.33. The molecule has 0 aromatic rings. The molecular weight excluding hydrogens is 1180 g/mol. The molecule has 0 aromatic carbocycles. The van der Waals surface area contributed by atoms with Gasteiger partial charge < -0.3 is 99.5 Å². The maximum absolute atomic E-state index is 13.3. The van der Waals surface area contributed by atoms with Gasteiger partial charge in [-0.2, -0.15) is 0 Å². The summed E-state index contributed by atoms with van der Waals surface area (Å²) in [5.41, 5.74) is 0. The van der Waals surface area contributed by atoms with Crippen LogP contribution in [-0.4, -0.2) is 233 Å². The summed E-state index contributed by atoms with van der Waals surface area (Å²) in [5.74, 6) is -14.5. The normalized spacial score (nSPS) is 31.9. The Morgan fingerprint density at radius 3 is 0.713 bits per heavy atom. The van der Waals surface area contributed by atoms with Gasteiger partial charge >= 0.3 is 83.6 Å². The highest BCUT2D eigenvalue weighted by Gasteiger charge is 2.61. The van der Waals surface area contributed by atoms with Crippen molar-refractivity contribution in [3.63, 3.8) is 0 Å². The lowest BCUT2D eigenvalue weighted by molar-refractivity contribution is -0.381. The molecule has 0 spiro atoms. The summed E-state index contributed by atoms with van der Waals surface area (Å²) in [5, 5.41) is 0. The van der Waals surface area contributed by atoms with Crippen LogP contribution in [0.4, 0.5) is 0 Å². The predicted molar refractivity (Wildman–Crippen MR) is 268 cm³/mol. The topological polar surface area (TPSA) is 433 Å². The van der Waals surface area contributed by atoms with E-state index in [1.807, 2.05) is 0 Å². The zero-order valence-electron chi connectivity index (χ0n) is 49.7. The van der Waals surface area contributed by atoms with Gasteiger partial charge in [-0.05, 0) is 0 Å². The van der Waals surface area contributed by atoms with Gasteiger partial charge in [-0.15, -0.1) is 0 Å². The maximum atomic E-state index is 13.3. The van der Waals surface area contributed by atoms with Gasteiger partial charge in [0.25, 0.3) is 0 Å². The highest BCUT2D eigenvalue weighted by molar-refractivity contribution is 5.71. The molecule has 488 valence electrons. The summed E-state index contributed by atoms with van der Waals surface area (Å²) in [6.45, 7) is 9.78. The minimum atomic E-state index is -2.23. The van der Waals surface area contributed by atoms with Gasteiger partial charge in [-0.1, -0.05) is 0 Å². The van der Waals surface area contributed by atoms with E-state index in [9.17, 15) is 67.1 Å². The Kier molecular flexibility index (Phi) is 27.1. The first-order valence-corrected chi connectivity index (χ1v) is 26.5. The van der Waals surface area contributed by atoms with E-state index < -0.39 is 233 Å². The van der Waals surface area contributed by atoms with Crippen molar-refractivity contribution in [1.82, 2.24) is 0 Å². The largest absolute Gasteiger partial charge is 0.463 e. The van der Waals surface area contributed by atoms with Gasteiger partial charge in [-0.25, -0.2) is 0 Å². The molecule has 35 nitrogen and oxygen atoms in total. The molecule has 4 saturated heterocycles. The van der Waals surface area contributed by atoms with Crippen LogP contribution in [0.15, 0.2) is 0 Å². The predicted octanol–water partition coefficient (Wildman–Crippen LogP) is -1.76. The van der Waals surface area contributed by atoms with Crippen LogP contribution in [0.3, 0.4) is 0 Å². The minimum Gasteiger partial charge on any atom is -0.463 e. The molecule has 4 heterocycles. The fraction of sp³-hybridized carbons (Fsp3) is 0.731. The SMILES string of the molecule is CC(=O)OC[C@H]1O[C@H](OC[C@@H]2O[C@@H](O[C@H]3[C@H](OC(C)=O)[C@@H](OC(C)=O)[C@@H](O[C@H]4[C@H](OC(C)=O)[C@@H](OC(C)=O)C(OC(C)=O)O[C@@H]4COC(C)=O)O[C@@H]3COC(C)=O)[C@@H](OC(C)=O)[C@H](OC(C)=O)[C@H]2OC(C)=O)[C@H](OC(C)=O)[C@@H](OC(C)=O)[C@@H]1OC(C)=O. The smallest absolute Gasteiger partial charge is 0.305 e. The molecular formula is C52H70O35. The van der Waals surface area contributed by atoms with Gasteiger partial charge in [0.15, 0.2) is 73.8 Å². The van der Waals surface area contributed by atoms with E-state index in [0.29, 0.717) is 0 Å². The van der Waals surface area contributed by atoms with Gasteiger partial charge in [0.1, 0.15) is 56.4 Å². The molecule has 0 aliphatic carbocycles. The van der Waals surface area contributed by atoms with Crippen LogP contribution >= 0.6 is 0 Å². The molecule has 0 bridgehead atoms. The average Bonchev–Trinajstić information content (AvgIpc) is 0.857. The van der Waals surface area contributed by atoms with Crippen molar-refractivity contribution in [1.29, 1.82) is 0 Å². The van der Waals surface area contributed by atoms with Crippen molar-refractivity contribution >= 4 is 83.6 Å². The molecule has 35 heteroatoms. The van der Waals surface area contributed by atoms with Crippen molar-refractivity contribution < 1.29 is 167 Å². The zero-order chi connectivity index (χ0) is 65.3. The second-order valence-electron chi connectivity index (χ2n) is 19.5. The molecule has 20 atom stereocenters. The first kappa shape index (κ1) is 71.8. The number of esters is 14. The van der Waals surface area contributed by atoms with Gasteiger partial charge in [-0.3, -0.25) is 67.1 Å². The number of carbonyl (C=O) groups excluding carboxylic acids is 14. The monoisotopic (exact) mass is 1250 g/mol. The number of hydrogen-bond donors (Lipinski definition) is 0. The second kappa shape index (κ2) is 32.9. The second-order valence-corrected chi connectivity index (χ2v) is 19.5. The summed E-state index contributed by atoms with van der Waals surface area (Å²) < 4.78 is 121. The van der Waals surface area contributed by atoms with Crippen LogP contribution in [-0.2, 0) is 167 Å². The Morgan fingerprint density at radius 1 is 0.218 bits per heavy atom. The summed E-state index contributed by atoms with van der Waals surface area (Å²) >= 11 is 0. The van der Waals surface area contributed by atoms with Crippen molar-refractivity contribution in [2.75, 3.05) is 26.4 Å². The molecule has 87 heavy (non-hydrogen) atoms. The van der Waals surface area contributed by atoms with Crippen LogP contribution in [0.2, 0.25) is 0 Å². The number of ether oxygens (including phenoxy) is 21. The molecule has 4 aliphatic heterocycles. The van der Waals surface area contributed by atoms with Crippen molar-refractivity contribution in [2.45, 2.75) is 220 Å². The van der Waals surface area contributed by atoms with Crippen LogP contribution < -0.4 is 0 Å². The Hall–Kier alpha value is -7.70. The Morgan fingerprint density at radius 2 is 0.425 bits per heavy atom. The van der Waals surface area contributed by atoms with Crippen molar-refractivity contribution in [3.8, 4) is 0 Å². The van der Waals surface area contributed by atoms with Gasteiger partial charge in [0.05, 0.1) is 6.61 Å². The first-order chi connectivity index (χ1) is 40.6. The highest BCUT2D eigenvalue weighted by Crippen LogP contribution is 2.39. The van der Waals surface area contributed by atoms with Gasteiger partial charge in [0.2, 0.25) is 12.4 Å². The molecule has 0 saturated carbocycles. The quantitative estimate of drug-likeness (QED) is 0.0763. The molecule has 1 unspecified atom stereocenters. The third-order valence-electron chi connectivity index (χ3n) is 12.0. The molecule has 4 aliphatic rings. The van der Waals surface area contributed by atoms with E-state index in [4.69, 9.17) is 99.5 Å². The van der Waals surface area contributed by atoms with Crippen LogP contribution in [0, 0.1) is 0 Å². The van der Waals surface area contributed by atoms with E-state index in [1.54, 1.807) is 0 Å². The molecule has 4 fully saturated rings. The van der Waals surface area contributed by atoms with Crippen molar-refractivity contribution in [2.24, 2.45) is 0 Å². The van der Waals surface area contributed by atoms with Crippen LogP contribution in [0.5, 0.6) is 0 Å². The number of rotatable bonds is 24. The number of carbonyl (C=O) groups is 14. The average molecular weight is 1260 g/mol. The van der Waals surface area contributed by atoms with E-state index in [2.05, 4.69) is 0 Å².